The zero-order valence-corrected chi connectivity index (χ0v) is 35.3. The van der Waals surface area contributed by atoms with Gasteiger partial charge in [-0.05, 0) is 64.2 Å². The van der Waals surface area contributed by atoms with Gasteiger partial charge >= 0.3 is 41.8 Å². The lowest BCUT2D eigenvalue weighted by atomic mass is 10.2. The predicted molar refractivity (Wildman–Crippen MR) is 227 cm³/mol. The Labute approximate surface area is 350 Å². The first kappa shape index (κ1) is 68.6. The maximum atomic E-state index is 10.2. The molecule has 0 amide bonds. The molecule has 0 aliphatic rings. The molecule has 0 spiro atoms. The number of aliphatic carboxylic acids is 7. The van der Waals surface area contributed by atoms with Gasteiger partial charge in [-0.2, -0.15) is 0 Å². The van der Waals surface area contributed by atoms with Crippen LogP contribution in [0.1, 0.15) is 118 Å². The molecule has 0 heterocycles. The van der Waals surface area contributed by atoms with Gasteiger partial charge in [0.2, 0.25) is 0 Å². The largest absolute Gasteiger partial charge is 0.481 e. The van der Waals surface area contributed by atoms with Crippen LogP contribution in [0.2, 0.25) is 0 Å². The molecule has 0 aromatic rings. The Morgan fingerprint density at radius 3 is 0.633 bits per heavy atom. The van der Waals surface area contributed by atoms with Crippen molar-refractivity contribution in [2.24, 2.45) is 66.6 Å². The van der Waals surface area contributed by atoms with Crippen molar-refractivity contribution in [3.8, 4) is 0 Å². The summed E-state index contributed by atoms with van der Waals surface area (Å²) in [5.74, 6) is -5.80. The smallest absolute Gasteiger partial charge is 0.320 e. The minimum Gasteiger partial charge on any atom is -0.481 e. The topological polar surface area (TPSA) is 532 Å². The molecule has 0 aliphatic heterocycles. The molecule has 0 radical (unpaired) electrons. The molecule has 0 aromatic carbocycles. The Hall–Kier alpha value is -6.02. The van der Waals surface area contributed by atoms with Gasteiger partial charge in [-0.3, -0.25) is 48.5 Å². The van der Waals surface area contributed by atoms with E-state index in [0.717, 1.165) is 25.7 Å². The van der Waals surface area contributed by atoms with Crippen LogP contribution >= 0.6 is 0 Å². The Balaban J connectivity index is -0.000000112. The number of nitrogens with two attached hydrogens (primary N) is 9. The van der Waals surface area contributed by atoms with E-state index in [-0.39, 0.29) is 17.9 Å². The summed E-state index contributed by atoms with van der Waals surface area (Å²) in [6, 6.07) is -2.46. The molecule has 0 rings (SSSR count). The zero-order valence-electron chi connectivity index (χ0n) is 35.3. The first-order chi connectivity index (χ1) is 27.7. The van der Waals surface area contributed by atoms with Crippen LogP contribution < -0.4 is 51.6 Å². The van der Waals surface area contributed by atoms with Gasteiger partial charge in [-0.15, -0.1) is 0 Å². The van der Waals surface area contributed by atoms with Crippen molar-refractivity contribution in [2.75, 3.05) is 19.6 Å². The number of carboxylic acids is 7. The number of carbonyl (C=O) groups is 7. The van der Waals surface area contributed by atoms with Crippen molar-refractivity contribution in [2.45, 2.75) is 136 Å². The Bertz CT molecular complexity index is 1070. The number of nitrogens with zero attached hydrogens (tertiary/aromatic N) is 3. The van der Waals surface area contributed by atoms with E-state index < -0.39 is 59.9 Å². The molecule has 60 heavy (non-hydrogen) atoms. The third-order valence-electron chi connectivity index (χ3n) is 5.71. The molecule has 354 valence electrons. The van der Waals surface area contributed by atoms with Gasteiger partial charge in [-0.25, -0.2) is 0 Å². The highest BCUT2D eigenvalue weighted by Crippen LogP contribution is 1.96. The summed E-state index contributed by atoms with van der Waals surface area (Å²) < 4.78 is 0. The van der Waals surface area contributed by atoms with Gasteiger partial charge in [0.1, 0.15) is 18.1 Å². The number of guanidine groups is 3. The second-order valence-corrected chi connectivity index (χ2v) is 11.8. The van der Waals surface area contributed by atoms with Crippen molar-refractivity contribution in [3.63, 3.8) is 0 Å². The molecule has 0 aromatic heterocycles. The molecule has 0 saturated heterocycles. The highest BCUT2D eigenvalue weighted by atomic mass is 16.4. The fourth-order valence-electron chi connectivity index (χ4n) is 2.78. The minimum atomic E-state index is -1.00. The van der Waals surface area contributed by atoms with E-state index in [0.29, 0.717) is 83.8 Å². The molecule has 3 unspecified atom stereocenters. The van der Waals surface area contributed by atoms with Crippen molar-refractivity contribution in [3.05, 3.63) is 0 Å². The Morgan fingerprint density at radius 2 is 0.550 bits per heavy atom. The first-order valence-electron chi connectivity index (χ1n) is 18.7. The summed E-state index contributed by atoms with van der Waals surface area (Å²) in [6.45, 7) is 8.63. The van der Waals surface area contributed by atoms with E-state index in [1.807, 2.05) is 27.7 Å². The maximum absolute atomic E-state index is 10.2. The van der Waals surface area contributed by atoms with Crippen LogP contribution in [0.3, 0.4) is 0 Å². The van der Waals surface area contributed by atoms with Crippen LogP contribution in [-0.4, -0.2) is 133 Å². The number of aliphatic imine (C=N–C) groups is 3. The summed E-state index contributed by atoms with van der Waals surface area (Å²) in [5, 5.41) is 56.8. The van der Waals surface area contributed by atoms with Crippen LogP contribution in [0.15, 0.2) is 15.0 Å². The number of carboxylic acid groups (broad SMARTS) is 7. The maximum Gasteiger partial charge on any atom is 0.320 e. The van der Waals surface area contributed by atoms with Crippen LogP contribution in [0.25, 0.3) is 0 Å². The molecular formula is C34H74N12O14. The van der Waals surface area contributed by atoms with Crippen LogP contribution in [0.5, 0.6) is 0 Å². The van der Waals surface area contributed by atoms with Gasteiger partial charge in [0, 0.05) is 45.3 Å². The number of rotatable bonds is 23. The van der Waals surface area contributed by atoms with Crippen LogP contribution in [0.4, 0.5) is 0 Å². The fraction of sp³-hybridized carbons (Fsp3) is 0.706. The highest BCUT2D eigenvalue weighted by Gasteiger charge is 2.11. The highest BCUT2D eigenvalue weighted by molar-refractivity contribution is 5.76. The SMILES string of the molecule is CCCC(=O)O.CCCC(=O)O.CCCC(=O)O.CCCC(=O)O.NC(N)=NCCCC(N)C(=O)O.NC(N)=NCCCC(N)C(=O)O.NC(N)=NCCCC(N)C(=O)O. The lowest BCUT2D eigenvalue weighted by molar-refractivity contribution is -0.139. The molecule has 26 heteroatoms. The Kier molecular flexibility index (Phi) is 58.3. The molecule has 0 aliphatic carbocycles. The van der Waals surface area contributed by atoms with E-state index >= 15 is 0 Å². The molecular weight excluding hydrogens is 800 g/mol. The van der Waals surface area contributed by atoms with Gasteiger partial charge in [-0.1, -0.05) is 27.7 Å². The third kappa shape index (κ3) is 88.9. The van der Waals surface area contributed by atoms with Gasteiger partial charge in [0.25, 0.3) is 0 Å². The van der Waals surface area contributed by atoms with E-state index in [9.17, 15) is 33.6 Å². The van der Waals surface area contributed by atoms with Crippen molar-refractivity contribution < 1.29 is 69.3 Å². The molecule has 3 atom stereocenters. The molecule has 0 bridgehead atoms. The summed E-state index contributed by atoms with van der Waals surface area (Å²) in [7, 11) is 0. The number of hydrogen-bond donors (Lipinski definition) is 16. The number of hydrogen-bond acceptors (Lipinski definition) is 13. The standard InChI is InChI=1S/3C6H14N4O2.4C4H8O2/c3*7-4(5(11)12)2-1-3-10-6(8)9;4*1-2-3-4(5)6/h3*4H,1-3,7H2,(H,11,12)(H4,8,9,10);4*2-3H2,1H3,(H,5,6). The third-order valence-corrected chi connectivity index (χ3v) is 5.71. The van der Waals surface area contributed by atoms with Crippen LogP contribution in [0, 0.1) is 0 Å². The molecule has 25 N–H and O–H groups in total. The quantitative estimate of drug-likeness (QED) is 0.0327. The molecule has 26 nitrogen and oxygen atoms in total. The summed E-state index contributed by atoms with van der Waals surface area (Å²) in [5.41, 5.74) is 46.0. The van der Waals surface area contributed by atoms with E-state index in [1.165, 1.54) is 0 Å². The van der Waals surface area contributed by atoms with Crippen LogP contribution in [-0.2, 0) is 33.6 Å². The van der Waals surface area contributed by atoms with E-state index in [4.69, 9.17) is 87.3 Å². The lowest BCUT2D eigenvalue weighted by Crippen LogP contribution is -2.30. The lowest BCUT2D eigenvalue weighted by Gasteiger charge is -2.03. The summed E-state index contributed by atoms with van der Waals surface area (Å²) in [6.07, 6.45) is 6.96. The zero-order chi connectivity index (χ0) is 48.6. The monoisotopic (exact) mass is 875 g/mol. The predicted octanol–water partition coefficient (Wildman–Crippen LogP) is -1.16. The first-order valence-corrected chi connectivity index (χ1v) is 18.7. The normalized spacial score (nSPS) is 10.5. The molecule has 0 fully saturated rings. The summed E-state index contributed by atoms with van der Waals surface area (Å²) >= 11 is 0. The average Bonchev–Trinajstić information content (AvgIpc) is 3.11. The minimum absolute atomic E-state index is 0.0129. The van der Waals surface area contributed by atoms with Gasteiger partial charge in [0.05, 0.1) is 0 Å². The van der Waals surface area contributed by atoms with Gasteiger partial charge < -0.3 is 87.3 Å². The van der Waals surface area contributed by atoms with E-state index in [1.54, 1.807) is 0 Å². The average molecular weight is 875 g/mol. The van der Waals surface area contributed by atoms with E-state index in [2.05, 4.69) is 15.0 Å². The van der Waals surface area contributed by atoms with Crippen molar-refractivity contribution in [1.29, 1.82) is 0 Å². The van der Waals surface area contributed by atoms with Crippen molar-refractivity contribution in [1.82, 2.24) is 0 Å². The molecule has 0 saturated carbocycles. The second kappa shape index (κ2) is 51.0. The Morgan fingerprint density at radius 1 is 0.383 bits per heavy atom. The fourth-order valence-corrected chi connectivity index (χ4v) is 2.78. The summed E-state index contributed by atoms with van der Waals surface area (Å²) in [4.78, 5) is 80.1. The second-order valence-electron chi connectivity index (χ2n) is 11.8. The van der Waals surface area contributed by atoms with Crippen molar-refractivity contribution >= 4 is 59.7 Å². The van der Waals surface area contributed by atoms with Gasteiger partial charge in [0.15, 0.2) is 17.9 Å².